The van der Waals surface area contributed by atoms with Crippen LogP contribution in [0.5, 0.6) is 11.5 Å². The second-order valence-corrected chi connectivity index (χ2v) is 11.6. The van der Waals surface area contributed by atoms with Crippen LogP contribution in [0.1, 0.15) is 6.85 Å². The highest BCUT2D eigenvalue weighted by Crippen LogP contribution is 2.49. The van der Waals surface area contributed by atoms with Gasteiger partial charge in [-0.15, -0.1) is 0 Å². The third-order valence-electron chi connectivity index (χ3n) is 9.23. The lowest BCUT2D eigenvalue weighted by atomic mass is 9.86. The second kappa shape index (κ2) is 9.29. The summed E-state index contributed by atoms with van der Waals surface area (Å²) >= 11 is 0. The van der Waals surface area contributed by atoms with Gasteiger partial charge >= 0.3 is 0 Å². The van der Waals surface area contributed by atoms with E-state index >= 15 is 0 Å². The molecule has 0 spiro atoms. The number of rotatable bonds is 3. The minimum atomic E-state index is -0.216. The van der Waals surface area contributed by atoms with E-state index in [1.807, 2.05) is 42.5 Å². The van der Waals surface area contributed by atoms with E-state index in [0.29, 0.717) is 38.8 Å². The van der Waals surface area contributed by atoms with Gasteiger partial charge in [-0.25, -0.2) is 0 Å². The van der Waals surface area contributed by atoms with E-state index in [0.717, 1.165) is 21.9 Å². The number of benzene rings is 9. The number of hydrogen-bond acceptors (Lipinski definition) is 1. The second-order valence-electron chi connectivity index (χ2n) is 11.6. The van der Waals surface area contributed by atoms with Gasteiger partial charge in [0.2, 0.25) is 0 Å². The Hall–Kier alpha value is -5.92. The third kappa shape index (κ3) is 3.56. The van der Waals surface area contributed by atoms with E-state index in [1.165, 1.54) is 32.7 Å². The van der Waals surface area contributed by atoms with Crippen LogP contribution < -0.4 is 4.74 Å². The highest BCUT2D eigenvalue weighted by atomic mass is 16.5. The van der Waals surface area contributed by atoms with Crippen molar-refractivity contribution < 1.29 is 11.6 Å². The predicted octanol–water partition coefficient (Wildman–Crippen LogP) is 12.5. The summed E-state index contributed by atoms with van der Waals surface area (Å²) in [6.45, 7) is 0. The highest BCUT2D eigenvalue weighted by Gasteiger charge is 2.21. The van der Waals surface area contributed by atoms with Crippen molar-refractivity contribution in [1.29, 1.82) is 0 Å². The number of fused-ring (bicyclic) bond motifs is 2. The van der Waals surface area contributed by atoms with Gasteiger partial charge in [-0.1, -0.05) is 139 Å². The molecule has 1 nitrogen and oxygen atoms in total. The van der Waals surface area contributed by atoms with Gasteiger partial charge < -0.3 is 4.74 Å². The molecule has 1 heterocycles. The zero-order chi connectivity index (χ0) is 33.8. The van der Waals surface area contributed by atoms with Crippen molar-refractivity contribution in [3.8, 4) is 56.0 Å². The van der Waals surface area contributed by atoms with E-state index in [4.69, 9.17) is 10.2 Å². The molecule has 45 heavy (non-hydrogen) atoms. The molecule has 1 heteroatoms. The van der Waals surface area contributed by atoms with E-state index in [9.17, 15) is 1.37 Å². The molecule has 1 aliphatic heterocycles. The molecule has 0 aliphatic carbocycles. The summed E-state index contributed by atoms with van der Waals surface area (Å²) in [5.74, 6) is 0.627. The molecule has 0 bridgehead atoms. The Morgan fingerprint density at radius 2 is 1.02 bits per heavy atom. The number of ether oxygens (including phenoxy) is 1. The van der Waals surface area contributed by atoms with Crippen molar-refractivity contribution in [3.05, 3.63) is 158 Å². The van der Waals surface area contributed by atoms with Gasteiger partial charge in [-0.3, -0.25) is 0 Å². The molecule has 0 amide bonds. The normalized spacial score (nSPS) is 13.7. The molecule has 0 fully saturated rings. The zero-order valence-corrected chi connectivity index (χ0v) is 24.0. The first kappa shape index (κ1) is 20.1. The van der Waals surface area contributed by atoms with E-state index in [-0.39, 0.29) is 36.0 Å². The average Bonchev–Trinajstić information content (AvgIpc) is 3.16. The Balaban J connectivity index is 1.23. The van der Waals surface area contributed by atoms with Crippen LogP contribution in [0.2, 0.25) is 0 Å². The zero-order valence-electron chi connectivity index (χ0n) is 29.0. The lowest BCUT2D eigenvalue weighted by Gasteiger charge is -2.22. The molecule has 0 saturated heterocycles. The van der Waals surface area contributed by atoms with Gasteiger partial charge in [-0.05, 0) is 94.8 Å². The van der Waals surface area contributed by atoms with Crippen molar-refractivity contribution in [2.75, 3.05) is 0 Å². The van der Waals surface area contributed by atoms with Gasteiger partial charge in [0.15, 0.2) is 0 Å². The van der Waals surface area contributed by atoms with Gasteiger partial charge in [-0.2, -0.15) is 0 Å². The minimum Gasteiger partial charge on any atom is -0.456 e. The maximum Gasteiger partial charge on any atom is 0.135 e. The summed E-state index contributed by atoms with van der Waals surface area (Å²) in [4.78, 5) is 0. The fourth-order valence-electron chi connectivity index (χ4n) is 7.20. The molecule has 0 atom stereocenters. The fourth-order valence-corrected chi connectivity index (χ4v) is 7.20. The Morgan fingerprint density at radius 1 is 0.378 bits per heavy atom. The Morgan fingerprint density at radius 3 is 1.80 bits per heavy atom. The highest BCUT2D eigenvalue weighted by molar-refractivity contribution is 6.27. The third-order valence-corrected chi connectivity index (χ3v) is 9.23. The van der Waals surface area contributed by atoms with Crippen LogP contribution in [0.3, 0.4) is 0 Å². The molecule has 208 valence electrons. The van der Waals surface area contributed by atoms with Crippen LogP contribution in [0.25, 0.3) is 87.6 Å². The van der Waals surface area contributed by atoms with E-state index in [2.05, 4.69) is 78.9 Å². The first-order valence-corrected chi connectivity index (χ1v) is 15.1. The molecule has 0 unspecified atom stereocenters. The van der Waals surface area contributed by atoms with Crippen LogP contribution in [0.4, 0.5) is 0 Å². The smallest absolute Gasteiger partial charge is 0.135 e. The van der Waals surface area contributed by atoms with Crippen LogP contribution in [0, 0.1) is 0 Å². The van der Waals surface area contributed by atoms with E-state index in [1.54, 1.807) is 6.07 Å². The summed E-state index contributed by atoms with van der Waals surface area (Å²) < 4.78 is 51.3. The number of para-hydroxylation sites is 1. The SMILES string of the molecule is [2H]c1c([2H])c2c3c(c([2H])c([2H])c(-c4cccc(-c5ccc6ccc7c(-c8ccccc8)ccc8ccc5c6c87)c4)c3c1[2H])Oc1ccccc1-2. The number of hydrogen-bond donors (Lipinski definition) is 0. The first-order chi connectivity index (χ1) is 24.4. The van der Waals surface area contributed by atoms with Crippen LogP contribution >= 0.6 is 0 Å². The molecular weight excluding hydrogens is 544 g/mol. The van der Waals surface area contributed by atoms with Gasteiger partial charge in [0.1, 0.15) is 11.5 Å². The van der Waals surface area contributed by atoms with Crippen LogP contribution in [0.15, 0.2) is 158 Å². The summed E-state index contributed by atoms with van der Waals surface area (Å²) in [5.41, 5.74) is 6.51. The molecule has 10 rings (SSSR count). The van der Waals surface area contributed by atoms with Crippen LogP contribution in [-0.2, 0) is 0 Å². The molecule has 9 aromatic carbocycles. The average molecular weight is 576 g/mol. The largest absolute Gasteiger partial charge is 0.456 e. The van der Waals surface area contributed by atoms with Gasteiger partial charge in [0.25, 0.3) is 0 Å². The maximum atomic E-state index is 9.24. The summed E-state index contributed by atoms with van der Waals surface area (Å²) in [6, 6.07) is 42.5. The van der Waals surface area contributed by atoms with Crippen molar-refractivity contribution in [2.24, 2.45) is 0 Å². The Bertz CT molecular complexity index is 2900. The maximum absolute atomic E-state index is 9.24. The Kier molecular flexibility index (Phi) is 4.15. The quantitative estimate of drug-likeness (QED) is 0.190. The van der Waals surface area contributed by atoms with Crippen molar-refractivity contribution in [3.63, 3.8) is 0 Å². The van der Waals surface area contributed by atoms with Crippen molar-refractivity contribution in [2.45, 2.75) is 0 Å². The summed E-state index contributed by atoms with van der Waals surface area (Å²) in [5, 5.41) is 7.88. The molecule has 0 aromatic heterocycles. The Labute approximate surface area is 267 Å². The lowest BCUT2D eigenvalue weighted by Crippen LogP contribution is -1.97. The van der Waals surface area contributed by atoms with E-state index < -0.39 is 0 Å². The minimum absolute atomic E-state index is 0.0792. The summed E-state index contributed by atoms with van der Waals surface area (Å²) in [7, 11) is 0. The molecule has 0 N–H and O–H groups in total. The molecule has 0 saturated carbocycles. The van der Waals surface area contributed by atoms with Crippen molar-refractivity contribution >= 4 is 43.1 Å². The van der Waals surface area contributed by atoms with Gasteiger partial charge in [0, 0.05) is 10.9 Å². The topological polar surface area (TPSA) is 9.23 Å². The summed E-state index contributed by atoms with van der Waals surface area (Å²) in [6.07, 6.45) is 0. The van der Waals surface area contributed by atoms with Gasteiger partial charge in [0.05, 0.1) is 6.85 Å². The monoisotopic (exact) mass is 575 g/mol. The molecule has 9 aromatic rings. The first-order valence-electron chi connectivity index (χ1n) is 17.6. The predicted molar refractivity (Wildman–Crippen MR) is 189 cm³/mol. The fraction of sp³-hybridized carbons (Fsp3) is 0. The molecular formula is C44H26O. The van der Waals surface area contributed by atoms with Crippen LogP contribution in [-0.4, -0.2) is 0 Å². The standard InChI is InChI=1S/C44H26O/c1-2-8-27(9-3-1)32-20-16-28-19-23-39-33(21-17-29-18-22-38(32)42(28)43(29)39)30-10-6-11-31(26-30)34-24-25-41-44-36(34)13-7-14-37(44)35-12-4-5-15-40(35)45-41/h1-26H/i7D,13D,14D,24D,25D. The molecule has 1 aliphatic rings. The van der Waals surface area contributed by atoms with Crippen molar-refractivity contribution in [1.82, 2.24) is 0 Å². The molecule has 0 radical (unpaired) electrons. The lowest BCUT2D eigenvalue weighted by molar-refractivity contribution is 0.487.